The smallest absolute Gasteiger partial charge is 0.257 e. The number of nitrogens with zero attached hydrogens (tertiary/aromatic N) is 1. The molecule has 4 nitrogen and oxygen atoms in total. The topological polar surface area (TPSA) is 49.8 Å². The van der Waals surface area contributed by atoms with E-state index in [0.29, 0.717) is 5.75 Å². The third-order valence-corrected chi connectivity index (χ3v) is 1.98. The summed E-state index contributed by atoms with van der Waals surface area (Å²) in [7, 11) is 3.27. The van der Waals surface area contributed by atoms with Crippen LogP contribution in [-0.2, 0) is 0 Å². The van der Waals surface area contributed by atoms with Crippen LogP contribution in [0.3, 0.4) is 0 Å². The number of benzene rings is 1. The van der Waals surface area contributed by atoms with Gasteiger partial charge < -0.3 is 14.7 Å². The van der Waals surface area contributed by atoms with Gasteiger partial charge in [0, 0.05) is 14.1 Å². The summed E-state index contributed by atoms with van der Waals surface area (Å²) < 4.78 is 5.46. The molecule has 1 rings (SSSR count). The minimum Gasteiger partial charge on any atom is -0.507 e. The molecule has 1 aromatic rings. The molecule has 1 aromatic carbocycles. The van der Waals surface area contributed by atoms with E-state index in [1.54, 1.807) is 26.2 Å². The molecule has 16 heavy (non-hydrogen) atoms. The molecule has 0 aliphatic carbocycles. The van der Waals surface area contributed by atoms with Gasteiger partial charge in [-0.05, 0) is 32.0 Å². The average Bonchev–Trinajstić information content (AvgIpc) is 2.19. The lowest BCUT2D eigenvalue weighted by molar-refractivity contribution is 0.0824. The van der Waals surface area contributed by atoms with Gasteiger partial charge in [-0.3, -0.25) is 4.79 Å². The first kappa shape index (κ1) is 12.4. The summed E-state index contributed by atoms with van der Waals surface area (Å²) in [6, 6.07) is 4.66. The van der Waals surface area contributed by atoms with E-state index in [1.165, 1.54) is 11.0 Å². The quantitative estimate of drug-likeness (QED) is 0.851. The van der Waals surface area contributed by atoms with Gasteiger partial charge in [0.15, 0.2) is 0 Å². The van der Waals surface area contributed by atoms with Gasteiger partial charge in [-0.2, -0.15) is 0 Å². The first-order chi connectivity index (χ1) is 7.41. The zero-order chi connectivity index (χ0) is 12.3. The van der Waals surface area contributed by atoms with Gasteiger partial charge in [0.1, 0.15) is 11.5 Å². The minimum absolute atomic E-state index is 0.0326. The van der Waals surface area contributed by atoms with Crippen molar-refractivity contribution in [2.24, 2.45) is 0 Å². The van der Waals surface area contributed by atoms with Crippen LogP contribution in [0.1, 0.15) is 24.2 Å². The maximum atomic E-state index is 11.7. The van der Waals surface area contributed by atoms with Crippen molar-refractivity contribution in [3.05, 3.63) is 23.8 Å². The highest BCUT2D eigenvalue weighted by atomic mass is 16.5. The molecule has 1 N–H and O–H groups in total. The van der Waals surface area contributed by atoms with Crippen LogP contribution in [0.5, 0.6) is 11.5 Å². The Morgan fingerprint density at radius 3 is 2.50 bits per heavy atom. The van der Waals surface area contributed by atoms with Crippen molar-refractivity contribution in [3.8, 4) is 11.5 Å². The van der Waals surface area contributed by atoms with E-state index < -0.39 is 0 Å². The highest BCUT2D eigenvalue weighted by Crippen LogP contribution is 2.24. The van der Waals surface area contributed by atoms with Crippen molar-refractivity contribution < 1.29 is 14.6 Å². The van der Waals surface area contributed by atoms with Gasteiger partial charge in [0.25, 0.3) is 5.91 Å². The molecule has 0 bridgehead atoms. The molecule has 0 spiro atoms. The number of hydrogen-bond acceptors (Lipinski definition) is 3. The second-order valence-electron chi connectivity index (χ2n) is 4.05. The minimum atomic E-state index is -0.244. The third kappa shape index (κ3) is 2.89. The fraction of sp³-hybridized carbons (Fsp3) is 0.417. The Kier molecular flexibility index (Phi) is 3.77. The first-order valence-corrected chi connectivity index (χ1v) is 5.13. The summed E-state index contributed by atoms with van der Waals surface area (Å²) >= 11 is 0. The Hall–Kier alpha value is -1.71. The summed E-state index contributed by atoms with van der Waals surface area (Å²) in [5, 5.41) is 9.59. The molecule has 0 aromatic heterocycles. The van der Waals surface area contributed by atoms with E-state index in [1.807, 2.05) is 13.8 Å². The molecule has 0 fully saturated rings. The molecule has 0 radical (unpaired) electrons. The van der Waals surface area contributed by atoms with Crippen LogP contribution in [0.4, 0.5) is 0 Å². The zero-order valence-electron chi connectivity index (χ0n) is 10.0. The number of hydrogen-bond donors (Lipinski definition) is 1. The summed E-state index contributed by atoms with van der Waals surface area (Å²) in [4.78, 5) is 13.1. The number of ether oxygens (including phenoxy) is 1. The van der Waals surface area contributed by atoms with E-state index in [0.717, 1.165) is 0 Å². The molecule has 0 aliphatic heterocycles. The van der Waals surface area contributed by atoms with Gasteiger partial charge >= 0.3 is 0 Å². The van der Waals surface area contributed by atoms with E-state index in [-0.39, 0.29) is 23.3 Å². The second kappa shape index (κ2) is 4.88. The van der Waals surface area contributed by atoms with E-state index in [9.17, 15) is 9.90 Å². The van der Waals surface area contributed by atoms with Gasteiger partial charge in [0.05, 0.1) is 11.7 Å². The van der Waals surface area contributed by atoms with Crippen molar-refractivity contribution in [2.75, 3.05) is 14.1 Å². The number of phenols is 1. The highest BCUT2D eigenvalue weighted by molar-refractivity contribution is 5.96. The maximum Gasteiger partial charge on any atom is 0.257 e. The van der Waals surface area contributed by atoms with Gasteiger partial charge in [0.2, 0.25) is 0 Å². The predicted octanol–water partition coefficient (Wildman–Crippen LogP) is 1.88. The monoisotopic (exact) mass is 223 g/mol. The van der Waals surface area contributed by atoms with E-state index >= 15 is 0 Å². The first-order valence-electron chi connectivity index (χ1n) is 5.13. The number of carbonyl (C=O) groups excluding carboxylic acids is 1. The second-order valence-corrected chi connectivity index (χ2v) is 4.05. The molecular weight excluding hydrogens is 206 g/mol. The van der Waals surface area contributed by atoms with Crippen LogP contribution < -0.4 is 4.74 Å². The highest BCUT2D eigenvalue weighted by Gasteiger charge is 2.14. The molecule has 0 saturated carbocycles. The summed E-state index contributed by atoms with van der Waals surface area (Å²) in [5.74, 6) is 0.305. The molecule has 0 saturated heterocycles. The Morgan fingerprint density at radius 1 is 1.38 bits per heavy atom. The summed E-state index contributed by atoms with van der Waals surface area (Å²) in [6.07, 6.45) is 0.0341. The molecule has 1 amide bonds. The fourth-order valence-corrected chi connectivity index (χ4v) is 1.27. The lowest BCUT2D eigenvalue weighted by atomic mass is 10.1. The molecule has 0 heterocycles. The standard InChI is InChI=1S/C12H17NO3/c1-8(2)16-9-5-6-11(14)10(7-9)12(15)13(3)4/h5-8,14H,1-4H3. The van der Waals surface area contributed by atoms with Crippen molar-refractivity contribution in [1.82, 2.24) is 4.90 Å². The largest absolute Gasteiger partial charge is 0.507 e. The maximum absolute atomic E-state index is 11.7. The Morgan fingerprint density at radius 2 is 2.00 bits per heavy atom. The molecule has 88 valence electrons. The fourth-order valence-electron chi connectivity index (χ4n) is 1.27. The Bertz CT molecular complexity index is 386. The molecule has 0 aliphatic rings. The van der Waals surface area contributed by atoms with Crippen LogP contribution in [-0.4, -0.2) is 36.1 Å². The lowest BCUT2D eigenvalue weighted by Gasteiger charge is -2.14. The number of amides is 1. The third-order valence-electron chi connectivity index (χ3n) is 1.98. The normalized spacial score (nSPS) is 10.3. The van der Waals surface area contributed by atoms with Crippen LogP contribution in [0, 0.1) is 0 Å². The number of phenolic OH excluding ortho intramolecular Hbond substituents is 1. The van der Waals surface area contributed by atoms with Gasteiger partial charge in [-0.1, -0.05) is 0 Å². The SMILES string of the molecule is CC(C)Oc1ccc(O)c(C(=O)N(C)C)c1. The van der Waals surface area contributed by atoms with Crippen LogP contribution >= 0.6 is 0 Å². The van der Waals surface area contributed by atoms with Crippen LogP contribution in [0.2, 0.25) is 0 Å². The molecule has 0 unspecified atom stereocenters. The molecule has 4 heteroatoms. The number of rotatable bonds is 3. The van der Waals surface area contributed by atoms with Crippen molar-refractivity contribution in [1.29, 1.82) is 0 Å². The average molecular weight is 223 g/mol. The van der Waals surface area contributed by atoms with Gasteiger partial charge in [-0.15, -0.1) is 0 Å². The lowest BCUT2D eigenvalue weighted by Crippen LogP contribution is -2.21. The Labute approximate surface area is 95.5 Å². The summed E-state index contributed by atoms with van der Waals surface area (Å²) in [6.45, 7) is 3.81. The predicted molar refractivity (Wildman–Crippen MR) is 61.9 cm³/mol. The summed E-state index contributed by atoms with van der Waals surface area (Å²) in [5.41, 5.74) is 0.253. The zero-order valence-corrected chi connectivity index (χ0v) is 10.0. The van der Waals surface area contributed by atoms with Crippen LogP contribution in [0.25, 0.3) is 0 Å². The van der Waals surface area contributed by atoms with Crippen molar-refractivity contribution in [3.63, 3.8) is 0 Å². The number of aromatic hydroxyl groups is 1. The van der Waals surface area contributed by atoms with Gasteiger partial charge in [-0.25, -0.2) is 0 Å². The van der Waals surface area contributed by atoms with Crippen molar-refractivity contribution >= 4 is 5.91 Å². The van der Waals surface area contributed by atoms with Crippen molar-refractivity contribution in [2.45, 2.75) is 20.0 Å². The van der Waals surface area contributed by atoms with Crippen LogP contribution in [0.15, 0.2) is 18.2 Å². The van der Waals surface area contributed by atoms with E-state index in [4.69, 9.17) is 4.74 Å². The molecular formula is C12H17NO3. The number of carbonyl (C=O) groups is 1. The molecule has 0 atom stereocenters. The van der Waals surface area contributed by atoms with E-state index in [2.05, 4.69) is 0 Å². The Balaban J connectivity index is 3.04.